The van der Waals surface area contributed by atoms with Crippen LogP contribution in [0.25, 0.3) is 16.9 Å². The Morgan fingerprint density at radius 2 is 2.07 bits per heavy atom. The van der Waals surface area contributed by atoms with E-state index >= 15 is 0 Å². The molecule has 0 unspecified atom stereocenters. The predicted molar refractivity (Wildman–Crippen MR) is 112 cm³/mol. The van der Waals surface area contributed by atoms with E-state index in [-0.39, 0.29) is 6.10 Å². The molecule has 142 valence electrons. The number of anilines is 1. The summed E-state index contributed by atoms with van der Waals surface area (Å²) >= 11 is 1.74. The highest BCUT2D eigenvalue weighted by atomic mass is 32.2. The molecule has 2 aromatic heterocycles. The van der Waals surface area contributed by atoms with Gasteiger partial charge in [-0.25, -0.2) is 4.98 Å². The maximum absolute atomic E-state index is 10.6. The Kier molecular flexibility index (Phi) is 5.12. The third-order valence-electron chi connectivity index (χ3n) is 5.19. The van der Waals surface area contributed by atoms with Gasteiger partial charge in [0.1, 0.15) is 12.2 Å². The second kappa shape index (κ2) is 7.54. The van der Waals surface area contributed by atoms with E-state index in [1.165, 1.54) is 0 Å². The summed E-state index contributed by atoms with van der Waals surface area (Å²) in [6.07, 6.45) is 1.13. The molecule has 1 aromatic carbocycles. The number of hydrogen-bond acceptors (Lipinski definition) is 5. The van der Waals surface area contributed by atoms with Crippen LogP contribution in [0.3, 0.4) is 0 Å². The molecule has 3 aromatic rings. The largest absolute Gasteiger partial charge is 0.388 e. The molecule has 6 heteroatoms. The van der Waals surface area contributed by atoms with Crippen LogP contribution in [0, 0.1) is 13.8 Å². The number of benzene rings is 1. The van der Waals surface area contributed by atoms with Crippen molar-refractivity contribution in [2.24, 2.45) is 0 Å². The second-order valence-electron chi connectivity index (χ2n) is 6.90. The topological polar surface area (TPSA) is 58.8 Å². The minimum absolute atomic E-state index is 0.349. The Morgan fingerprint density at radius 3 is 2.81 bits per heavy atom. The molecular formula is C21H25N3O2S. The zero-order valence-electron chi connectivity index (χ0n) is 15.9. The summed E-state index contributed by atoms with van der Waals surface area (Å²) in [5, 5.41) is 14.0. The van der Waals surface area contributed by atoms with Crippen LogP contribution in [-0.4, -0.2) is 45.8 Å². The number of rotatable bonds is 5. The van der Waals surface area contributed by atoms with Gasteiger partial charge in [-0.05, 0) is 31.7 Å². The van der Waals surface area contributed by atoms with Crippen molar-refractivity contribution in [3.05, 3.63) is 53.3 Å². The highest BCUT2D eigenvalue weighted by molar-refractivity contribution is 7.98. The quantitative estimate of drug-likeness (QED) is 0.656. The minimum atomic E-state index is -0.581. The fourth-order valence-corrected chi connectivity index (χ4v) is 3.96. The van der Waals surface area contributed by atoms with E-state index in [1.54, 1.807) is 11.8 Å². The summed E-state index contributed by atoms with van der Waals surface area (Å²) in [5.74, 6) is 0.904. The van der Waals surface area contributed by atoms with Gasteiger partial charge in [0, 0.05) is 23.6 Å². The van der Waals surface area contributed by atoms with Crippen LogP contribution in [0.15, 0.2) is 36.4 Å². The van der Waals surface area contributed by atoms with Crippen LogP contribution >= 0.6 is 11.8 Å². The van der Waals surface area contributed by atoms with Gasteiger partial charge in [-0.3, -0.25) is 4.40 Å². The van der Waals surface area contributed by atoms with Crippen molar-refractivity contribution >= 4 is 23.1 Å². The van der Waals surface area contributed by atoms with Gasteiger partial charge in [-0.2, -0.15) is 11.8 Å². The molecule has 2 N–H and O–H groups in total. The molecule has 5 nitrogen and oxygen atoms in total. The maximum atomic E-state index is 10.6. The monoisotopic (exact) mass is 383 g/mol. The number of pyridine rings is 1. The summed E-state index contributed by atoms with van der Waals surface area (Å²) in [5.41, 5.74) is 7.15. The number of ether oxygens (including phenoxy) is 1. The number of hydrogen-bond donors (Lipinski definition) is 2. The average Bonchev–Trinajstić information content (AvgIpc) is 2.98. The molecular weight excluding hydrogens is 358 g/mol. The molecule has 0 bridgehead atoms. The molecule has 0 saturated carbocycles. The first kappa shape index (κ1) is 18.3. The lowest BCUT2D eigenvalue weighted by atomic mass is 9.96. The Morgan fingerprint density at radius 1 is 1.30 bits per heavy atom. The Labute approximate surface area is 163 Å². The number of thioether (sulfide) groups is 1. The lowest BCUT2D eigenvalue weighted by Crippen LogP contribution is -2.34. The molecule has 27 heavy (non-hydrogen) atoms. The highest BCUT2D eigenvalue weighted by Gasteiger charge is 2.32. The van der Waals surface area contributed by atoms with Crippen molar-refractivity contribution in [2.75, 3.05) is 30.5 Å². The van der Waals surface area contributed by atoms with Crippen molar-refractivity contribution in [3.8, 4) is 11.3 Å². The third kappa shape index (κ3) is 3.22. The summed E-state index contributed by atoms with van der Waals surface area (Å²) in [6.45, 7) is 5.20. The number of imidazole rings is 1. The van der Waals surface area contributed by atoms with Gasteiger partial charge in [0.25, 0.3) is 0 Å². The Hall–Kier alpha value is -2.02. The zero-order valence-corrected chi connectivity index (χ0v) is 16.7. The van der Waals surface area contributed by atoms with Gasteiger partial charge in [0.05, 0.1) is 23.7 Å². The van der Waals surface area contributed by atoms with Crippen LogP contribution in [0.5, 0.6) is 0 Å². The van der Waals surface area contributed by atoms with Crippen LogP contribution in [0.1, 0.15) is 23.1 Å². The first-order chi connectivity index (χ1) is 13.1. The van der Waals surface area contributed by atoms with E-state index in [4.69, 9.17) is 9.72 Å². The first-order valence-corrected chi connectivity index (χ1v) is 10.6. The summed E-state index contributed by atoms with van der Waals surface area (Å²) in [6, 6.07) is 12.5. The van der Waals surface area contributed by atoms with Crippen LogP contribution in [0.4, 0.5) is 5.69 Å². The van der Waals surface area contributed by atoms with E-state index in [0.717, 1.165) is 45.3 Å². The normalized spacial score (nSPS) is 19.1. The van der Waals surface area contributed by atoms with Crippen molar-refractivity contribution in [3.63, 3.8) is 0 Å². The van der Waals surface area contributed by atoms with Crippen molar-refractivity contribution in [1.82, 2.24) is 9.38 Å². The van der Waals surface area contributed by atoms with Gasteiger partial charge >= 0.3 is 0 Å². The number of aliphatic hydroxyl groups is 1. The van der Waals surface area contributed by atoms with E-state index in [9.17, 15) is 5.11 Å². The van der Waals surface area contributed by atoms with Crippen molar-refractivity contribution in [2.45, 2.75) is 26.1 Å². The van der Waals surface area contributed by atoms with Gasteiger partial charge in [0.2, 0.25) is 0 Å². The smallest absolute Gasteiger partial charge is 0.161 e. The van der Waals surface area contributed by atoms with E-state index in [2.05, 4.69) is 41.1 Å². The molecule has 0 amide bonds. The van der Waals surface area contributed by atoms with Crippen molar-refractivity contribution < 1.29 is 9.84 Å². The van der Waals surface area contributed by atoms with Crippen LogP contribution in [0.2, 0.25) is 0 Å². The molecule has 0 radical (unpaired) electrons. The summed E-state index contributed by atoms with van der Waals surface area (Å²) < 4.78 is 8.29. The number of β-amino-alcohol motifs (C(OH)–C–C–N with tert-alkyl or cyclic N) is 1. The van der Waals surface area contributed by atoms with Gasteiger partial charge < -0.3 is 15.2 Å². The number of aromatic nitrogens is 2. The Balaban J connectivity index is 1.93. The lowest BCUT2D eigenvalue weighted by Gasteiger charge is -2.32. The number of nitrogens with one attached hydrogen (secondary N) is 1. The fourth-order valence-electron chi connectivity index (χ4n) is 3.69. The summed E-state index contributed by atoms with van der Waals surface area (Å²) in [4.78, 5) is 4.83. The summed E-state index contributed by atoms with van der Waals surface area (Å²) in [7, 11) is 0. The SMILES string of the molecule is CSCCO[C@@H]1c2cc(-c3ccccc3)n3c(C)c(C)nc3c2NC[C@H]1O. The third-order valence-corrected chi connectivity index (χ3v) is 5.76. The number of aliphatic hydroxyl groups excluding tert-OH is 1. The van der Waals surface area contributed by atoms with E-state index in [1.807, 2.05) is 25.1 Å². The van der Waals surface area contributed by atoms with E-state index in [0.29, 0.717) is 13.2 Å². The fraction of sp³-hybridized carbons (Fsp3) is 0.381. The van der Waals surface area contributed by atoms with Crippen LogP contribution in [-0.2, 0) is 4.74 Å². The second-order valence-corrected chi connectivity index (χ2v) is 7.89. The zero-order chi connectivity index (χ0) is 19.0. The molecule has 4 rings (SSSR count). The molecule has 0 aliphatic carbocycles. The molecule has 0 spiro atoms. The maximum Gasteiger partial charge on any atom is 0.161 e. The molecule has 3 heterocycles. The lowest BCUT2D eigenvalue weighted by molar-refractivity contribution is -0.0299. The number of fused-ring (bicyclic) bond motifs is 3. The molecule has 1 aliphatic heterocycles. The number of nitrogens with zero attached hydrogens (tertiary/aromatic N) is 2. The highest BCUT2D eigenvalue weighted by Crippen LogP contribution is 2.39. The Bertz CT molecular complexity index is 955. The van der Waals surface area contributed by atoms with E-state index < -0.39 is 6.10 Å². The molecule has 2 atom stereocenters. The standard InChI is InChI=1S/C21H25N3O2S/c1-13-14(2)24-17(15-7-5-4-6-8-15)11-16-19(21(24)23-13)22-12-18(25)20(16)26-9-10-27-3/h4-8,11,18,20,22,25H,9-10,12H2,1-3H3/t18-,20-/m1/s1. The molecule has 0 fully saturated rings. The van der Waals surface area contributed by atoms with Gasteiger partial charge in [-0.15, -0.1) is 0 Å². The molecule has 1 aliphatic rings. The van der Waals surface area contributed by atoms with Gasteiger partial charge in [0.15, 0.2) is 5.65 Å². The average molecular weight is 384 g/mol. The first-order valence-electron chi connectivity index (χ1n) is 9.22. The van der Waals surface area contributed by atoms with Gasteiger partial charge in [-0.1, -0.05) is 30.3 Å². The van der Waals surface area contributed by atoms with Crippen LogP contribution < -0.4 is 5.32 Å². The molecule has 0 saturated heterocycles. The number of aryl methyl sites for hydroxylation is 2. The van der Waals surface area contributed by atoms with Crippen molar-refractivity contribution in [1.29, 1.82) is 0 Å². The predicted octanol–water partition coefficient (Wildman–Crippen LogP) is 3.83. The minimum Gasteiger partial charge on any atom is -0.388 e.